The normalized spacial score (nSPS) is 23.6. The van der Waals surface area contributed by atoms with Gasteiger partial charge in [0.1, 0.15) is 11.4 Å². The Bertz CT molecular complexity index is 974. The molecule has 2 atom stereocenters. The number of aliphatic imine (C=N–C) groups is 1. The van der Waals surface area contributed by atoms with E-state index in [1.807, 2.05) is 4.90 Å². The lowest BCUT2D eigenvalue weighted by Gasteiger charge is -2.24. The highest BCUT2D eigenvalue weighted by molar-refractivity contribution is 8.15. The van der Waals surface area contributed by atoms with Crippen molar-refractivity contribution in [3.05, 3.63) is 35.6 Å². The summed E-state index contributed by atoms with van der Waals surface area (Å²) in [4.78, 5) is 30.0. The monoisotopic (exact) mass is 471 g/mol. The maximum Gasteiger partial charge on any atom is 0.407 e. The van der Waals surface area contributed by atoms with E-state index in [4.69, 9.17) is 4.74 Å². The molecule has 3 rings (SSSR count). The number of rotatable bonds is 5. The van der Waals surface area contributed by atoms with Crippen LogP contribution in [0.4, 0.5) is 9.18 Å². The zero-order chi connectivity index (χ0) is 22.8. The maximum atomic E-state index is 13.2. The lowest BCUT2D eigenvalue weighted by atomic mass is 10.1. The molecule has 2 fully saturated rings. The summed E-state index contributed by atoms with van der Waals surface area (Å²) in [5.74, 6) is -0.748. The summed E-state index contributed by atoms with van der Waals surface area (Å²) in [6, 6.07) is 5.64. The molecule has 0 aromatic heterocycles. The largest absolute Gasteiger partial charge is 0.444 e. The van der Waals surface area contributed by atoms with Gasteiger partial charge in [-0.25, -0.2) is 17.6 Å². The summed E-state index contributed by atoms with van der Waals surface area (Å²) < 4.78 is 42.5. The summed E-state index contributed by atoms with van der Waals surface area (Å²) in [5, 5.41) is 2.77. The number of amidine groups is 1. The predicted molar refractivity (Wildman–Crippen MR) is 117 cm³/mol. The van der Waals surface area contributed by atoms with Gasteiger partial charge >= 0.3 is 6.09 Å². The number of amides is 2. The van der Waals surface area contributed by atoms with Gasteiger partial charge < -0.3 is 15.0 Å². The number of nitrogens with zero attached hydrogens (tertiary/aromatic N) is 2. The van der Waals surface area contributed by atoms with Crippen molar-refractivity contribution in [3.8, 4) is 0 Å². The number of carbonyl (C=O) groups excluding carboxylic acids is 2. The van der Waals surface area contributed by atoms with Crippen LogP contribution in [-0.2, 0) is 25.9 Å². The molecule has 2 heterocycles. The summed E-state index contributed by atoms with van der Waals surface area (Å²) in [7, 11) is -3.15. The molecule has 1 aromatic carbocycles. The Kier molecular flexibility index (Phi) is 6.95. The number of nitrogens with one attached hydrogen (secondary N) is 1. The topological polar surface area (TPSA) is 105 Å². The molecular formula is C20H26FN3O5S2. The van der Waals surface area contributed by atoms with Gasteiger partial charge in [0.25, 0.3) is 0 Å². The van der Waals surface area contributed by atoms with E-state index in [2.05, 4.69) is 10.3 Å². The highest BCUT2D eigenvalue weighted by Gasteiger charge is 2.48. The molecule has 170 valence electrons. The number of carbonyl (C=O) groups is 2. The van der Waals surface area contributed by atoms with Crippen LogP contribution in [0.15, 0.2) is 29.3 Å². The maximum absolute atomic E-state index is 13.2. The fraction of sp³-hybridized carbons (Fsp3) is 0.550. The van der Waals surface area contributed by atoms with E-state index < -0.39 is 27.4 Å². The van der Waals surface area contributed by atoms with E-state index in [9.17, 15) is 22.4 Å². The van der Waals surface area contributed by atoms with E-state index in [0.717, 1.165) is 5.56 Å². The number of fused-ring (bicyclic) bond motifs is 1. The number of halogens is 1. The second-order valence-electron chi connectivity index (χ2n) is 8.52. The van der Waals surface area contributed by atoms with Crippen molar-refractivity contribution in [2.45, 2.75) is 50.6 Å². The molecule has 8 nitrogen and oxygen atoms in total. The van der Waals surface area contributed by atoms with Gasteiger partial charge in [0.15, 0.2) is 15.0 Å². The molecule has 31 heavy (non-hydrogen) atoms. The van der Waals surface area contributed by atoms with Crippen molar-refractivity contribution >= 4 is 38.8 Å². The third kappa shape index (κ3) is 6.67. The number of alkyl carbamates (subject to hydrolysis) is 1. The molecule has 2 saturated heterocycles. The van der Waals surface area contributed by atoms with Gasteiger partial charge in [0, 0.05) is 24.8 Å². The fourth-order valence-electron chi connectivity index (χ4n) is 3.36. The van der Waals surface area contributed by atoms with Crippen molar-refractivity contribution in [2.24, 2.45) is 4.99 Å². The Labute approximate surface area is 185 Å². The SMILES string of the molecule is CC(C)(C)OC(=O)NCCC(=O)N=C1S[C@H]2CS(=O)(=O)C[C@H]2N1Cc1ccc(F)cc1. The van der Waals surface area contributed by atoms with Crippen molar-refractivity contribution in [2.75, 3.05) is 18.1 Å². The van der Waals surface area contributed by atoms with E-state index in [0.29, 0.717) is 11.7 Å². The molecule has 0 saturated carbocycles. The highest BCUT2D eigenvalue weighted by atomic mass is 32.2. The number of hydrogen-bond acceptors (Lipinski definition) is 6. The molecule has 0 radical (unpaired) electrons. The number of thioether (sulfide) groups is 1. The van der Waals surface area contributed by atoms with Crippen molar-refractivity contribution < 1.29 is 27.1 Å². The standard InChI is InChI=1S/C20H26FN3O5S2/c1-20(2,3)29-19(26)22-9-8-17(25)23-18-24(10-13-4-6-14(21)7-5-13)15-11-31(27,28)12-16(15)30-18/h4-7,15-16H,8-12H2,1-3H3,(H,22,26)/t15-,16+/m1/s1. The van der Waals surface area contributed by atoms with Gasteiger partial charge in [0.05, 0.1) is 17.5 Å². The third-order valence-corrected chi connectivity index (χ3v) is 7.92. The smallest absolute Gasteiger partial charge is 0.407 e. The number of benzene rings is 1. The van der Waals surface area contributed by atoms with Crippen LogP contribution in [0, 0.1) is 5.82 Å². The predicted octanol–water partition coefficient (Wildman–Crippen LogP) is 2.34. The molecule has 1 aromatic rings. The molecule has 1 N–H and O–H groups in total. The van der Waals surface area contributed by atoms with E-state index in [-0.39, 0.29) is 41.6 Å². The van der Waals surface area contributed by atoms with Crippen molar-refractivity contribution in [1.82, 2.24) is 10.2 Å². The second kappa shape index (κ2) is 9.15. The summed E-state index contributed by atoms with van der Waals surface area (Å²) in [5.41, 5.74) is 0.159. The minimum Gasteiger partial charge on any atom is -0.444 e. The average molecular weight is 472 g/mol. The molecule has 0 unspecified atom stereocenters. The summed E-state index contributed by atoms with van der Waals surface area (Å²) >= 11 is 1.28. The van der Waals surface area contributed by atoms with E-state index >= 15 is 0 Å². The summed E-state index contributed by atoms with van der Waals surface area (Å²) in [6.45, 7) is 5.63. The van der Waals surface area contributed by atoms with Crippen LogP contribution in [0.1, 0.15) is 32.8 Å². The van der Waals surface area contributed by atoms with Gasteiger partial charge in [-0.05, 0) is 38.5 Å². The summed E-state index contributed by atoms with van der Waals surface area (Å²) in [6.07, 6.45) is -0.623. The first-order valence-electron chi connectivity index (χ1n) is 9.88. The zero-order valence-electron chi connectivity index (χ0n) is 17.6. The first-order valence-corrected chi connectivity index (χ1v) is 12.6. The van der Waals surface area contributed by atoms with Gasteiger partial charge in [-0.3, -0.25) is 4.79 Å². The lowest BCUT2D eigenvalue weighted by Crippen LogP contribution is -2.37. The molecule has 2 aliphatic heterocycles. The molecule has 0 aliphatic carbocycles. The van der Waals surface area contributed by atoms with Gasteiger partial charge in [-0.2, -0.15) is 4.99 Å². The zero-order valence-corrected chi connectivity index (χ0v) is 19.3. The Balaban J connectivity index is 1.66. The van der Waals surface area contributed by atoms with Gasteiger partial charge in [-0.1, -0.05) is 23.9 Å². The third-order valence-electron chi connectivity index (χ3n) is 4.67. The van der Waals surface area contributed by atoms with Crippen LogP contribution in [-0.4, -0.2) is 65.4 Å². The Morgan fingerprint density at radius 2 is 1.94 bits per heavy atom. The number of ether oxygens (including phenoxy) is 1. The van der Waals surface area contributed by atoms with Crippen LogP contribution in [0.2, 0.25) is 0 Å². The van der Waals surface area contributed by atoms with E-state index in [1.165, 1.54) is 23.9 Å². The van der Waals surface area contributed by atoms with E-state index in [1.54, 1.807) is 32.9 Å². The Morgan fingerprint density at radius 1 is 1.26 bits per heavy atom. The van der Waals surface area contributed by atoms with Crippen LogP contribution in [0.25, 0.3) is 0 Å². The molecule has 2 aliphatic rings. The van der Waals surface area contributed by atoms with Crippen LogP contribution >= 0.6 is 11.8 Å². The lowest BCUT2D eigenvalue weighted by molar-refractivity contribution is -0.117. The molecule has 0 bridgehead atoms. The molecule has 0 spiro atoms. The first-order chi connectivity index (χ1) is 14.4. The van der Waals surface area contributed by atoms with Crippen LogP contribution < -0.4 is 5.32 Å². The van der Waals surface area contributed by atoms with Gasteiger partial charge in [0.2, 0.25) is 5.91 Å². The Morgan fingerprint density at radius 3 is 2.58 bits per heavy atom. The fourth-order valence-corrected chi connectivity index (χ4v) is 7.32. The highest BCUT2D eigenvalue weighted by Crippen LogP contribution is 2.39. The average Bonchev–Trinajstić information content (AvgIpc) is 3.07. The second-order valence-corrected chi connectivity index (χ2v) is 11.9. The van der Waals surface area contributed by atoms with Crippen molar-refractivity contribution in [1.29, 1.82) is 0 Å². The number of sulfone groups is 1. The Hall–Kier alpha value is -2.14. The van der Waals surface area contributed by atoms with Crippen LogP contribution in [0.3, 0.4) is 0 Å². The molecule has 11 heteroatoms. The van der Waals surface area contributed by atoms with Crippen LogP contribution in [0.5, 0.6) is 0 Å². The van der Waals surface area contributed by atoms with Crippen molar-refractivity contribution in [3.63, 3.8) is 0 Å². The quantitative estimate of drug-likeness (QED) is 0.703. The number of hydrogen-bond donors (Lipinski definition) is 1. The minimum absolute atomic E-state index is 0.000723. The first kappa shape index (κ1) is 23.5. The van der Waals surface area contributed by atoms with Gasteiger partial charge in [-0.15, -0.1) is 0 Å². The molecule has 2 amide bonds. The molecular weight excluding hydrogens is 445 g/mol. The minimum atomic E-state index is -3.15.